The van der Waals surface area contributed by atoms with E-state index in [1.54, 1.807) is 27.8 Å². The normalized spacial score (nSPS) is 13.6. The van der Waals surface area contributed by atoms with E-state index in [1.165, 1.54) is 0 Å². The minimum atomic E-state index is -3.19. The van der Waals surface area contributed by atoms with E-state index in [2.05, 4.69) is 29.5 Å². The summed E-state index contributed by atoms with van der Waals surface area (Å²) in [6, 6.07) is 5.86. The van der Waals surface area contributed by atoms with Gasteiger partial charge in [-0.2, -0.15) is 0 Å². The summed E-state index contributed by atoms with van der Waals surface area (Å²) in [4.78, 5) is 4.21. The Bertz CT molecular complexity index is 786. The number of hydrogen-bond acceptors (Lipinski definition) is 5. The van der Waals surface area contributed by atoms with Crippen molar-refractivity contribution in [2.75, 3.05) is 32.6 Å². The van der Waals surface area contributed by atoms with E-state index in [0.29, 0.717) is 25.7 Å². The third-order valence-electron chi connectivity index (χ3n) is 4.56. The van der Waals surface area contributed by atoms with Crippen LogP contribution < -0.4 is 20.1 Å². The standard InChI is InChI=1S/C22H39N3O4S/c1-8-13-28-19-11-10-18(16-20(19)29-14-9-2)17(3)25-21(23-7)24-12-15-30(26,27)22(4,5)6/h10-11,16-17H,8-9,12-15H2,1-7H3,(H2,23,24,25). The van der Waals surface area contributed by atoms with E-state index < -0.39 is 14.6 Å². The molecule has 0 saturated heterocycles. The van der Waals surface area contributed by atoms with Crippen molar-refractivity contribution in [3.63, 3.8) is 0 Å². The first-order chi connectivity index (χ1) is 14.1. The van der Waals surface area contributed by atoms with E-state index in [9.17, 15) is 8.42 Å². The molecule has 0 amide bonds. The van der Waals surface area contributed by atoms with Crippen molar-refractivity contribution in [2.45, 2.75) is 65.2 Å². The molecule has 0 bridgehead atoms. The molecule has 1 unspecified atom stereocenters. The van der Waals surface area contributed by atoms with Gasteiger partial charge in [-0.3, -0.25) is 4.99 Å². The molecule has 1 aromatic carbocycles. The summed E-state index contributed by atoms with van der Waals surface area (Å²) in [5, 5.41) is 6.39. The minimum Gasteiger partial charge on any atom is -0.490 e. The monoisotopic (exact) mass is 441 g/mol. The van der Waals surface area contributed by atoms with Gasteiger partial charge < -0.3 is 20.1 Å². The van der Waals surface area contributed by atoms with Gasteiger partial charge in [-0.25, -0.2) is 8.42 Å². The van der Waals surface area contributed by atoms with Crippen LogP contribution in [0.1, 0.15) is 66.0 Å². The Morgan fingerprint density at radius 1 is 1.10 bits per heavy atom. The van der Waals surface area contributed by atoms with Crippen LogP contribution >= 0.6 is 0 Å². The molecule has 30 heavy (non-hydrogen) atoms. The largest absolute Gasteiger partial charge is 0.490 e. The first-order valence-corrected chi connectivity index (χ1v) is 12.3. The number of benzene rings is 1. The molecule has 0 aliphatic carbocycles. The summed E-state index contributed by atoms with van der Waals surface area (Å²) in [7, 11) is -1.52. The summed E-state index contributed by atoms with van der Waals surface area (Å²) < 4.78 is 35.4. The number of nitrogens with one attached hydrogen (secondary N) is 2. The van der Waals surface area contributed by atoms with Crippen molar-refractivity contribution in [2.24, 2.45) is 4.99 Å². The average Bonchev–Trinajstić information content (AvgIpc) is 2.69. The third kappa shape index (κ3) is 8.05. The zero-order chi connectivity index (χ0) is 22.8. The molecule has 1 rings (SSSR count). The van der Waals surface area contributed by atoms with E-state index in [1.807, 2.05) is 25.1 Å². The first-order valence-electron chi connectivity index (χ1n) is 10.6. The maximum Gasteiger partial charge on any atom is 0.191 e. The van der Waals surface area contributed by atoms with E-state index in [4.69, 9.17) is 9.47 Å². The topological polar surface area (TPSA) is 89.0 Å². The van der Waals surface area contributed by atoms with Crippen LogP contribution in [0.3, 0.4) is 0 Å². The van der Waals surface area contributed by atoms with E-state index in [0.717, 1.165) is 29.9 Å². The molecule has 0 aliphatic heterocycles. The Morgan fingerprint density at radius 2 is 1.70 bits per heavy atom. The van der Waals surface area contributed by atoms with Crippen molar-refractivity contribution in [3.05, 3.63) is 23.8 Å². The van der Waals surface area contributed by atoms with Gasteiger partial charge >= 0.3 is 0 Å². The molecule has 0 aliphatic rings. The quantitative estimate of drug-likeness (QED) is 0.402. The Balaban J connectivity index is 2.80. The summed E-state index contributed by atoms with van der Waals surface area (Å²) in [6.45, 7) is 12.8. The molecular formula is C22H39N3O4S. The van der Waals surface area contributed by atoms with Crippen molar-refractivity contribution in [3.8, 4) is 11.5 Å². The molecule has 0 heterocycles. The number of nitrogens with zero attached hydrogens (tertiary/aromatic N) is 1. The second-order valence-corrected chi connectivity index (χ2v) is 11.1. The van der Waals surface area contributed by atoms with Crippen LogP contribution in [0.5, 0.6) is 11.5 Å². The number of aliphatic imine (C=N–C) groups is 1. The van der Waals surface area contributed by atoms with Crippen LogP contribution in [0.4, 0.5) is 0 Å². The molecule has 2 N–H and O–H groups in total. The summed E-state index contributed by atoms with van der Waals surface area (Å²) in [5.74, 6) is 2.07. The lowest BCUT2D eigenvalue weighted by atomic mass is 10.1. The van der Waals surface area contributed by atoms with Crippen molar-refractivity contribution < 1.29 is 17.9 Å². The van der Waals surface area contributed by atoms with Gasteiger partial charge in [0, 0.05) is 13.6 Å². The molecule has 0 spiro atoms. The molecular weight excluding hydrogens is 402 g/mol. The molecule has 172 valence electrons. The van der Waals surface area contributed by atoms with Crippen molar-refractivity contribution in [1.29, 1.82) is 0 Å². The highest BCUT2D eigenvalue weighted by atomic mass is 32.2. The van der Waals surface area contributed by atoms with Gasteiger partial charge in [-0.15, -0.1) is 0 Å². The molecule has 0 aromatic heterocycles. The summed E-state index contributed by atoms with van der Waals surface area (Å²) in [5.41, 5.74) is 1.02. The van der Waals surface area contributed by atoms with E-state index in [-0.39, 0.29) is 11.8 Å². The maximum atomic E-state index is 12.3. The van der Waals surface area contributed by atoms with Crippen LogP contribution in [-0.4, -0.2) is 51.7 Å². The van der Waals surface area contributed by atoms with Gasteiger partial charge in [0.15, 0.2) is 27.3 Å². The lowest BCUT2D eigenvalue weighted by Crippen LogP contribution is -2.42. The van der Waals surface area contributed by atoms with Gasteiger partial charge in [0.25, 0.3) is 0 Å². The van der Waals surface area contributed by atoms with Gasteiger partial charge in [0.05, 0.1) is 29.8 Å². The van der Waals surface area contributed by atoms with Gasteiger partial charge in [-0.05, 0) is 58.2 Å². The van der Waals surface area contributed by atoms with Crippen molar-refractivity contribution >= 4 is 15.8 Å². The van der Waals surface area contributed by atoms with Crippen LogP contribution in [0.25, 0.3) is 0 Å². The van der Waals surface area contributed by atoms with Gasteiger partial charge in [-0.1, -0.05) is 19.9 Å². The zero-order valence-corrected chi connectivity index (χ0v) is 20.4. The van der Waals surface area contributed by atoms with Gasteiger partial charge in [0.2, 0.25) is 0 Å². The molecule has 7 nitrogen and oxygen atoms in total. The number of hydrogen-bond donors (Lipinski definition) is 2. The lowest BCUT2D eigenvalue weighted by Gasteiger charge is -2.22. The minimum absolute atomic E-state index is 0.0457. The number of guanidine groups is 1. The van der Waals surface area contributed by atoms with E-state index >= 15 is 0 Å². The second-order valence-electron chi connectivity index (χ2n) is 8.20. The molecule has 0 saturated carbocycles. The molecule has 0 radical (unpaired) electrons. The van der Waals surface area contributed by atoms with Crippen LogP contribution in [0, 0.1) is 0 Å². The van der Waals surface area contributed by atoms with Crippen LogP contribution in [0.2, 0.25) is 0 Å². The molecule has 8 heteroatoms. The highest BCUT2D eigenvalue weighted by Gasteiger charge is 2.28. The predicted octanol–water partition coefficient (Wildman–Crippen LogP) is 3.70. The summed E-state index contributed by atoms with van der Waals surface area (Å²) in [6.07, 6.45) is 1.85. The first kappa shape index (κ1) is 26.1. The van der Waals surface area contributed by atoms with Gasteiger partial charge in [0.1, 0.15) is 0 Å². The molecule has 1 atom stereocenters. The molecule has 0 fully saturated rings. The fourth-order valence-electron chi connectivity index (χ4n) is 2.54. The SMILES string of the molecule is CCCOc1ccc(C(C)NC(=NC)NCCS(=O)(=O)C(C)(C)C)cc1OCCC. The number of sulfone groups is 1. The average molecular weight is 442 g/mol. The Kier molecular flexibility index (Phi) is 10.5. The number of ether oxygens (including phenoxy) is 2. The zero-order valence-electron chi connectivity index (χ0n) is 19.5. The fraction of sp³-hybridized carbons (Fsp3) is 0.682. The maximum absolute atomic E-state index is 12.3. The number of rotatable bonds is 11. The smallest absolute Gasteiger partial charge is 0.191 e. The molecule has 1 aromatic rings. The second kappa shape index (κ2) is 12.0. The highest BCUT2D eigenvalue weighted by Crippen LogP contribution is 2.31. The van der Waals surface area contributed by atoms with Crippen molar-refractivity contribution in [1.82, 2.24) is 10.6 Å². The summed E-state index contributed by atoms with van der Waals surface area (Å²) >= 11 is 0. The Labute approximate surface area is 182 Å². The van der Waals surface area contributed by atoms with Crippen LogP contribution in [0.15, 0.2) is 23.2 Å². The Hall–Kier alpha value is -1.96. The predicted molar refractivity (Wildman–Crippen MR) is 124 cm³/mol. The fourth-order valence-corrected chi connectivity index (χ4v) is 3.53. The Morgan fingerprint density at radius 3 is 2.23 bits per heavy atom. The lowest BCUT2D eigenvalue weighted by molar-refractivity contribution is 0.268. The highest BCUT2D eigenvalue weighted by molar-refractivity contribution is 7.92. The van der Waals surface area contributed by atoms with Crippen LogP contribution in [-0.2, 0) is 9.84 Å². The third-order valence-corrected chi connectivity index (χ3v) is 7.17.